The molecule has 2 amide bonds. The highest BCUT2D eigenvalue weighted by Crippen LogP contribution is 2.29. The summed E-state index contributed by atoms with van der Waals surface area (Å²) < 4.78 is 0. The Balaban J connectivity index is 2.43. The average molecular weight is 267 g/mol. The average Bonchev–Trinajstić information content (AvgIpc) is 2.36. The molecular weight excluding hydrogens is 252 g/mol. The molecule has 0 aliphatic carbocycles. The number of nitrogens with zero attached hydrogens (tertiary/aromatic N) is 1. The lowest BCUT2D eigenvalue weighted by Crippen LogP contribution is -2.62. The number of amides is 2. The molecule has 2 rings (SSSR count). The van der Waals surface area contributed by atoms with E-state index in [1.54, 1.807) is 31.2 Å². The van der Waals surface area contributed by atoms with E-state index >= 15 is 0 Å². The molecule has 1 aromatic rings. The second-order valence-corrected chi connectivity index (χ2v) is 4.71. The second kappa shape index (κ2) is 4.98. The van der Waals surface area contributed by atoms with E-state index in [1.165, 1.54) is 4.90 Å². The maximum Gasteiger partial charge on any atom is 0.250 e. The predicted octanol–water partition coefficient (Wildman–Crippen LogP) is 1.97. The van der Waals surface area contributed by atoms with Crippen molar-refractivity contribution < 1.29 is 9.59 Å². The van der Waals surface area contributed by atoms with Crippen LogP contribution in [0.1, 0.15) is 20.3 Å². The summed E-state index contributed by atoms with van der Waals surface area (Å²) in [5.74, 6) is -0.265. The molecule has 1 aliphatic rings. The van der Waals surface area contributed by atoms with Gasteiger partial charge in [-0.3, -0.25) is 14.5 Å². The van der Waals surface area contributed by atoms with Crippen molar-refractivity contribution in [1.29, 1.82) is 0 Å². The van der Waals surface area contributed by atoms with Crippen molar-refractivity contribution in [3.8, 4) is 0 Å². The van der Waals surface area contributed by atoms with Crippen molar-refractivity contribution in [1.82, 2.24) is 5.32 Å². The van der Waals surface area contributed by atoms with E-state index in [-0.39, 0.29) is 11.8 Å². The van der Waals surface area contributed by atoms with Crippen molar-refractivity contribution in [3.05, 3.63) is 29.3 Å². The van der Waals surface area contributed by atoms with E-state index in [0.29, 0.717) is 17.1 Å². The van der Waals surface area contributed by atoms with Crippen LogP contribution in [0, 0.1) is 0 Å². The largest absolute Gasteiger partial charge is 0.343 e. The number of carbonyl (C=O) groups is 2. The number of para-hydroxylation sites is 1. The Hall–Kier alpha value is -1.55. The second-order valence-electron chi connectivity index (χ2n) is 4.31. The summed E-state index contributed by atoms with van der Waals surface area (Å²) in [4.78, 5) is 25.7. The Morgan fingerprint density at radius 1 is 1.33 bits per heavy atom. The first-order chi connectivity index (χ1) is 8.56. The van der Waals surface area contributed by atoms with Gasteiger partial charge in [0.15, 0.2) is 0 Å². The van der Waals surface area contributed by atoms with Crippen LogP contribution in [0.2, 0.25) is 5.02 Å². The van der Waals surface area contributed by atoms with Crippen LogP contribution in [0.3, 0.4) is 0 Å². The van der Waals surface area contributed by atoms with E-state index < -0.39 is 12.1 Å². The smallest absolute Gasteiger partial charge is 0.250 e. The SMILES string of the molecule is CCC1NC(=O)C(C)N(c2ccccc2Cl)C1=O. The molecule has 0 radical (unpaired) electrons. The zero-order valence-corrected chi connectivity index (χ0v) is 11.1. The molecule has 1 heterocycles. The van der Waals surface area contributed by atoms with Crippen LogP contribution >= 0.6 is 11.6 Å². The number of rotatable bonds is 2. The summed E-state index contributed by atoms with van der Waals surface area (Å²) >= 11 is 6.10. The van der Waals surface area contributed by atoms with Crippen LogP contribution in [0.15, 0.2) is 24.3 Å². The molecule has 1 N–H and O–H groups in total. The Labute approximate surface area is 111 Å². The fourth-order valence-electron chi connectivity index (χ4n) is 2.08. The Kier molecular flexibility index (Phi) is 3.57. The van der Waals surface area contributed by atoms with E-state index in [0.717, 1.165) is 0 Å². The van der Waals surface area contributed by atoms with Gasteiger partial charge in [-0.1, -0.05) is 30.7 Å². The summed E-state index contributed by atoms with van der Waals surface area (Å²) in [5, 5.41) is 3.19. The van der Waals surface area contributed by atoms with Gasteiger partial charge in [0.1, 0.15) is 12.1 Å². The quantitative estimate of drug-likeness (QED) is 0.890. The number of hydrogen-bond acceptors (Lipinski definition) is 2. The third kappa shape index (κ3) is 2.08. The zero-order chi connectivity index (χ0) is 13.3. The van der Waals surface area contributed by atoms with Crippen LogP contribution < -0.4 is 10.2 Å². The van der Waals surface area contributed by atoms with Crippen molar-refractivity contribution in [2.24, 2.45) is 0 Å². The van der Waals surface area contributed by atoms with Crippen molar-refractivity contribution in [3.63, 3.8) is 0 Å². The van der Waals surface area contributed by atoms with Crippen LogP contribution in [0.4, 0.5) is 5.69 Å². The summed E-state index contributed by atoms with van der Waals surface area (Å²) in [5.41, 5.74) is 0.588. The summed E-state index contributed by atoms with van der Waals surface area (Å²) in [7, 11) is 0. The van der Waals surface area contributed by atoms with Crippen LogP contribution in [-0.4, -0.2) is 23.9 Å². The monoisotopic (exact) mass is 266 g/mol. The van der Waals surface area contributed by atoms with Gasteiger partial charge in [-0.2, -0.15) is 0 Å². The van der Waals surface area contributed by atoms with Crippen LogP contribution in [-0.2, 0) is 9.59 Å². The first-order valence-corrected chi connectivity index (χ1v) is 6.32. The first kappa shape index (κ1) is 12.9. The number of piperazine rings is 1. The normalized spacial score (nSPS) is 24.1. The molecular formula is C13H15ClN2O2. The highest BCUT2D eigenvalue weighted by molar-refractivity contribution is 6.34. The highest BCUT2D eigenvalue weighted by Gasteiger charge is 2.38. The van der Waals surface area contributed by atoms with Crippen LogP contribution in [0.25, 0.3) is 0 Å². The van der Waals surface area contributed by atoms with E-state index in [9.17, 15) is 9.59 Å². The summed E-state index contributed by atoms with van der Waals surface area (Å²) in [6.07, 6.45) is 0.568. The topological polar surface area (TPSA) is 49.4 Å². The molecule has 1 fully saturated rings. The van der Waals surface area contributed by atoms with Gasteiger partial charge in [-0.15, -0.1) is 0 Å². The number of benzene rings is 1. The van der Waals surface area contributed by atoms with Gasteiger partial charge in [0.05, 0.1) is 10.7 Å². The summed E-state index contributed by atoms with van der Waals surface area (Å²) in [6.45, 7) is 3.56. The zero-order valence-electron chi connectivity index (χ0n) is 10.3. The molecule has 1 saturated heterocycles. The lowest BCUT2D eigenvalue weighted by atomic mass is 10.1. The fourth-order valence-corrected chi connectivity index (χ4v) is 2.31. The van der Waals surface area contributed by atoms with Crippen molar-refractivity contribution in [2.45, 2.75) is 32.4 Å². The summed E-state index contributed by atoms with van der Waals surface area (Å²) in [6, 6.07) is 6.05. The lowest BCUT2D eigenvalue weighted by Gasteiger charge is -2.37. The molecule has 2 atom stereocenters. The van der Waals surface area contributed by atoms with Gasteiger partial charge < -0.3 is 5.32 Å². The molecule has 5 heteroatoms. The van der Waals surface area contributed by atoms with E-state index in [1.807, 2.05) is 6.92 Å². The third-order valence-electron chi connectivity index (χ3n) is 3.14. The van der Waals surface area contributed by atoms with Crippen LogP contribution in [0.5, 0.6) is 0 Å². The molecule has 2 unspecified atom stereocenters. The van der Waals surface area contributed by atoms with Gasteiger partial charge in [0, 0.05) is 0 Å². The minimum absolute atomic E-state index is 0.113. The molecule has 0 saturated carbocycles. The minimum Gasteiger partial charge on any atom is -0.343 e. The van der Waals surface area contributed by atoms with Gasteiger partial charge in [-0.25, -0.2) is 0 Å². The maximum absolute atomic E-state index is 12.3. The molecule has 0 bridgehead atoms. The molecule has 96 valence electrons. The number of nitrogens with one attached hydrogen (secondary N) is 1. The molecule has 18 heavy (non-hydrogen) atoms. The van der Waals surface area contributed by atoms with E-state index in [2.05, 4.69) is 5.32 Å². The van der Waals surface area contributed by atoms with Gasteiger partial charge >= 0.3 is 0 Å². The number of carbonyl (C=O) groups excluding carboxylic acids is 2. The maximum atomic E-state index is 12.3. The Morgan fingerprint density at radius 2 is 2.00 bits per heavy atom. The standard InChI is InChI=1S/C13H15ClN2O2/c1-3-10-13(18)16(8(2)12(17)15-10)11-7-5-4-6-9(11)14/h4-8,10H,3H2,1-2H3,(H,15,17). The molecule has 1 aromatic carbocycles. The molecule has 4 nitrogen and oxygen atoms in total. The van der Waals surface area contributed by atoms with Crippen molar-refractivity contribution in [2.75, 3.05) is 4.90 Å². The molecule has 0 aromatic heterocycles. The Morgan fingerprint density at radius 3 is 2.61 bits per heavy atom. The highest BCUT2D eigenvalue weighted by atomic mass is 35.5. The minimum atomic E-state index is -0.541. The van der Waals surface area contributed by atoms with Gasteiger partial charge in [0.2, 0.25) is 11.8 Å². The fraction of sp³-hybridized carbons (Fsp3) is 0.385. The number of hydrogen-bond donors (Lipinski definition) is 1. The number of halogens is 1. The van der Waals surface area contributed by atoms with Gasteiger partial charge in [0.25, 0.3) is 0 Å². The van der Waals surface area contributed by atoms with E-state index in [4.69, 9.17) is 11.6 Å². The van der Waals surface area contributed by atoms with Crippen molar-refractivity contribution >= 4 is 29.1 Å². The Bertz CT molecular complexity index is 490. The number of anilines is 1. The molecule has 1 aliphatic heterocycles. The third-order valence-corrected chi connectivity index (χ3v) is 3.46. The lowest BCUT2D eigenvalue weighted by molar-refractivity contribution is -0.133. The van der Waals surface area contributed by atoms with Gasteiger partial charge in [-0.05, 0) is 25.5 Å². The first-order valence-electron chi connectivity index (χ1n) is 5.94. The molecule has 0 spiro atoms. The predicted molar refractivity (Wildman–Crippen MR) is 70.6 cm³/mol.